The van der Waals surface area contributed by atoms with Gasteiger partial charge in [0.05, 0.1) is 0 Å². The maximum atomic E-state index is 12.3. The Hall–Kier alpha value is -0.850. The van der Waals surface area contributed by atoms with Gasteiger partial charge in [0.1, 0.15) is 0 Å². The molecule has 0 unspecified atom stereocenters. The highest BCUT2D eigenvalue weighted by Gasteiger charge is 2.37. The maximum Gasteiger partial charge on any atom is 0.451 e. The van der Waals surface area contributed by atoms with Gasteiger partial charge in [0.2, 0.25) is 5.82 Å². The second-order valence-corrected chi connectivity index (χ2v) is 3.24. The molecule has 0 spiro atoms. The van der Waals surface area contributed by atoms with Gasteiger partial charge < -0.3 is 0 Å². The summed E-state index contributed by atoms with van der Waals surface area (Å²) in [6.45, 7) is 2.15. The molecule has 0 fully saturated rings. The van der Waals surface area contributed by atoms with E-state index in [0.717, 1.165) is 11.0 Å². The molecular formula is C7H10F3N3S. The molecule has 0 aliphatic carbocycles. The van der Waals surface area contributed by atoms with Crippen LogP contribution in [0.25, 0.3) is 0 Å². The van der Waals surface area contributed by atoms with Crippen LogP contribution in [-0.2, 0) is 12.7 Å². The summed E-state index contributed by atoms with van der Waals surface area (Å²) in [6, 6.07) is 0. The number of nitrogens with zero attached hydrogens (tertiary/aromatic N) is 2. The normalized spacial score (nSPS) is 12.0. The van der Waals surface area contributed by atoms with Gasteiger partial charge in [0, 0.05) is 6.54 Å². The highest BCUT2D eigenvalue weighted by Crippen LogP contribution is 2.27. The minimum absolute atomic E-state index is 0.0192. The summed E-state index contributed by atoms with van der Waals surface area (Å²) in [5.41, 5.74) is 0. The van der Waals surface area contributed by atoms with Crippen molar-refractivity contribution >= 4 is 12.2 Å². The molecule has 0 atom stereocenters. The average molecular weight is 225 g/mol. The summed E-state index contributed by atoms with van der Waals surface area (Å²) in [5.74, 6) is -0.948. The third-order valence-electron chi connectivity index (χ3n) is 1.75. The fourth-order valence-corrected chi connectivity index (χ4v) is 1.28. The summed E-state index contributed by atoms with van der Waals surface area (Å²) in [7, 11) is 0. The van der Waals surface area contributed by atoms with E-state index in [9.17, 15) is 13.2 Å². The molecule has 1 rings (SSSR count). The number of nitrogens with one attached hydrogen (secondary N) is 1. The number of hydrogen-bond acceptors (Lipinski definition) is 2. The fraction of sp³-hybridized carbons (Fsp3) is 0.714. The van der Waals surface area contributed by atoms with Crippen LogP contribution >= 0.6 is 12.2 Å². The molecule has 1 aromatic heterocycles. The molecule has 1 heterocycles. The van der Waals surface area contributed by atoms with Gasteiger partial charge in [-0.15, -0.1) is 5.10 Å². The van der Waals surface area contributed by atoms with Crippen LogP contribution in [0.1, 0.15) is 25.6 Å². The maximum absolute atomic E-state index is 12.3. The molecule has 14 heavy (non-hydrogen) atoms. The van der Waals surface area contributed by atoms with Crippen molar-refractivity contribution in [2.45, 2.75) is 32.5 Å². The van der Waals surface area contributed by atoms with E-state index in [4.69, 9.17) is 12.2 Å². The van der Waals surface area contributed by atoms with Crippen LogP contribution in [0.2, 0.25) is 0 Å². The molecule has 0 amide bonds. The SMILES string of the molecule is CCCCn1c(C(F)(F)F)n[nH]c1=S. The van der Waals surface area contributed by atoms with Gasteiger partial charge in [-0.1, -0.05) is 13.3 Å². The Labute approximate surface area is 83.9 Å². The van der Waals surface area contributed by atoms with E-state index in [1.165, 1.54) is 0 Å². The molecular weight excluding hydrogens is 215 g/mol. The first-order valence-corrected chi connectivity index (χ1v) is 4.60. The third kappa shape index (κ3) is 2.34. The average Bonchev–Trinajstić information content (AvgIpc) is 2.42. The monoisotopic (exact) mass is 225 g/mol. The molecule has 7 heteroatoms. The van der Waals surface area contributed by atoms with E-state index >= 15 is 0 Å². The molecule has 0 saturated carbocycles. The van der Waals surface area contributed by atoms with Crippen LogP contribution in [-0.4, -0.2) is 14.8 Å². The zero-order chi connectivity index (χ0) is 10.8. The largest absolute Gasteiger partial charge is 0.451 e. The first kappa shape index (κ1) is 11.2. The van der Waals surface area contributed by atoms with Crippen molar-refractivity contribution in [3.63, 3.8) is 0 Å². The number of aromatic amines is 1. The van der Waals surface area contributed by atoms with Crippen molar-refractivity contribution < 1.29 is 13.2 Å². The van der Waals surface area contributed by atoms with E-state index in [2.05, 4.69) is 10.2 Å². The molecule has 0 bridgehead atoms. The number of H-pyrrole nitrogens is 1. The second-order valence-electron chi connectivity index (χ2n) is 2.86. The van der Waals surface area contributed by atoms with Crippen LogP contribution in [0.3, 0.4) is 0 Å². The lowest BCUT2D eigenvalue weighted by Crippen LogP contribution is -2.15. The lowest BCUT2D eigenvalue weighted by molar-refractivity contribution is -0.147. The Balaban J connectivity index is 3.01. The fourth-order valence-electron chi connectivity index (χ4n) is 1.06. The summed E-state index contributed by atoms with van der Waals surface area (Å²) >= 11 is 4.70. The van der Waals surface area contributed by atoms with Crippen molar-refractivity contribution in [1.29, 1.82) is 0 Å². The van der Waals surface area contributed by atoms with Crippen molar-refractivity contribution in [1.82, 2.24) is 14.8 Å². The van der Waals surface area contributed by atoms with E-state index in [1.807, 2.05) is 6.92 Å². The topological polar surface area (TPSA) is 33.6 Å². The Kier molecular flexibility index (Phi) is 3.30. The minimum Gasteiger partial charge on any atom is -0.297 e. The number of aromatic nitrogens is 3. The predicted molar refractivity (Wildman–Crippen MR) is 47.3 cm³/mol. The van der Waals surface area contributed by atoms with E-state index in [-0.39, 0.29) is 11.3 Å². The second kappa shape index (κ2) is 4.12. The first-order valence-electron chi connectivity index (χ1n) is 4.19. The first-order chi connectivity index (χ1) is 6.46. The zero-order valence-corrected chi connectivity index (χ0v) is 8.37. The van der Waals surface area contributed by atoms with Crippen LogP contribution in [0.5, 0.6) is 0 Å². The molecule has 0 aromatic carbocycles. The molecule has 0 aliphatic rings. The highest BCUT2D eigenvalue weighted by molar-refractivity contribution is 7.71. The van der Waals surface area contributed by atoms with Crippen molar-refractivity contribution in [3.05, 3.63) is 10.6 Å². The summed E-state index contributed by atoms with van der Waals surface area (Å²) in [5, 5.41) is 5.31. The number of halogens is 3. The van der Waals surface area contributed by atoms with Gasteiger partial charge in [-0.05, 0) is 18.6 Å². The molecule has 1 aromatic rings. The number of alkyl halides is 3. The molecule has 80 valence electrons. The van der Waals surface area contributed by atoms with Crippen molar-refractivity contribution in [2.24, 2.45) is 0 Å². The lowest BCUT2D eigenvalue weighted by atomic mass is 10.3. The lowest BCUT2D eigenvalue weighted by Gasteiger charge is -2.07. The molecule has 1 N–H and O–H groups in total. The third-order valence-corrected chi connectivity index (χ3v) is 2.06. The quantitative estimate of drug-likeness (QED) is 0.802. The smallest absolute Gasteiger partial charge is 0.297 e. The van der Waals surface area contributed by atoms with Crippen LogP contribution in [0.4, 0.5) is 13.2 Å². The molecule has 3 nitrogen and oxygen atoms in total. The van der Waals surface area contributed by atoms with Gasteiger partial charge in [-0.3, -0.25) is 9.67 Å². The van der Waals surface area contributed by atoms with E-state index in [0.29, 0.717) is 6.42 Å². The molecule has 0 saturated heterocycles. The van der Waals surface area contributed by atoms with Gasteiger partial charge in [0.15, 0.2) is 4.77 Å². The standard InChI is InChI=1S/C7H10F3N3S/c1-2-3-4-13-5(7(8,9)10)11-12-6(13)14/h2-4H2,1H3,(H,12,14). The van der Waals surface area contributed by atoms with Crippen molar-refractivity contribution in [2.75, 3.05) is 0 Å². The summed E-state index contributed by atoms with van der Waals surface area (Å²) in [6.07, 6.45) is -2.98. The summed E-state index contributed by atoms with van der Waals surface area (Å²) in [4.78, 5) is 0. The van der Waals surface area contributed by atoms with Gasteiger partial charge >= 0.3 is 6.18 Å². The molecule has 0 radical (unpaired) electrons. The van der Waals surface area contributed by atoms with Gasteiger partial charge in [0.25, 0.3) is 0 Å². The van der Waals surface area contributed by atoms with E-state index < -0.39 is 12.0 Å². The Morgan fingerprint density at radius 2 is 2.14 bits per heavy atom. The number of hydrogen-bond donors (Lipinski definition) is 1. The van der Waals surface area contributed by atoms with Gasteiger partial charge in [-0.2, -0.15) is 13.2 Å². The summed E-state index contributed by atoms with van der Waals surface area (Å²) < 4.78 is 38.0. The Bertz CT molecular complexity index is 352. The van der Waals surface area contributed by atoms with Crippen LogP contribution in [0, 0.1) is 4.77 Å². The predicted octanol–water partition coefficient (Wildman–Crippen LogP) is 2.76. The Morgan fingerprint density at radius 3 is 2.64 bits per heavy atom. The van der Waals surface area contributed by atoms with Crippen LogP contribution in [0.15, 0.2) is 0 Å². The number of rotatable bonds is 3. The molecule has 0 aliphatic heterocycles. The van der Waals surface area contributed by atoms with Gasteiger partial charge in [-0.25, -0.2) is 0 Å². The zero-order valence-electron chi connectivity index (χ0n) is 7.56. The Morgan fingerprint density at radius 1 is 1.50 bits per heavy atom. The van der Waals surface area contributed by atoms with E-state index in [1.54, 1.807) is 0 Å². The van der Waals surface area contributed by atoms with Crippen molar-refractivity contribution in [3.8, 4) is 0 Å². The van der Waals surface area contributed by atoms with Crippen LogP contribution < -0.4 is 0 Å². The number of unbranched alkanes of at least 4 members (excludes halogenated alkanes) is 1. The minimum atomic E-state index is -4.44. The highest BCUT2D eigenvalue weighted by atomic mass is 32.1.